The first-order valence-electron chi connectivity index (χ1n) is 7.71. The Hall–Kier alpha value is -2.03. The van der Waals surface area contributed by atoms with Crippen LogP contribution in [0.25, 0.3) is 0 Å². The van der Waals surface area contributed by atoms with Crippen LogP contribution in [-0.4, -0.2) is 35.8 Å². The van der Waals surface area contributed by atoms with Crippen LogP contribution in [0.1, 0.15) is 26.5 Å². The molecule has 0 unspecified atom stereocenters. The first-order chi connectivity index (χ1) is 12.5. The van der Waals surface area contributed by atoms with Gasteiger partial charge in [-0.1, -0.05) is 29.8 Å². The first-order valence-corrected chi connectivity index (χ1v) is 10.4. The standard InChI is InChI=1S/C17H18ClN3O3S2/c1-25-10-8-13(19-15(22)11-5-2-3-6-12(11)18)16(23)20-21-17(24)14-7-4-9-26-14/h2-7,9,13H,8,10H2,1H3,(H,19,22)(H,20,23)(H,21,24)/t13-/m0/s1. The number of thioether (sulfide) groups is 1. The smallest absolute Gasteiger partial charge is 0.279 e. The van der Waals surface area contributed by atoms with Gasteiger partial charge in [0.15, 0.2) is 0 Å². The molecule has 2 rings (SSSR count). The second kappa shape index (κ2) is 10.2. The van der Waals surface area contributed by atoms with Gasteiger partial charge in [-0.05, 0) is 42.0 Å². The molecule has 3 amide bonds. The van der Waals surface area contributed by atoms with E-state index in [0.717, 1.165) is 0 Å². The number of carbonyl (C=O) groups excluding carboxylic acids is 3. The van der Waals surface area contributed by atoms with Gasteiger partial charge in [-0.25, -0.2) is 0 Å². The summed E-state index contributed by atoms with van der Waals surface area (Å²) in [6.07, 6.45) is 2.32. The molecule has 0 fully saturated rings. The van der Waals surface area contributed by atoms with Crippen LogP contribution < -0.4 is 16.2 Å². The number of halogens is 1. The van der Waals surface area contributed by atoms with Crippen molar-refractivity contribution in [1.82, 2.24) is 16.2 Å². The lowest BCUT2D eigenvalue weighted by Gasteiger charge is -2.18. The van der Waals surface area contributed by atoms with Crippen molar-refractivity contribution in [2.24, 2.45) is 0 Å². The number of thiophene rings is 1. The van der Waals surface area contributed by atoms with E-state index in [9.17, 15) is 14.4 Å². The van der Waals surface area contributed by atoms with Crippen molar-refractivity contribution in [2.75, 3.05) is 12.0 Å². The summed E-state index contributed by atoms with van der Waals surface area (Å²) in [5.41, 5.74) is 5.01. The predicted molar refractivity (Wildman–Crippen MR) is 106 cm³/mol. The summed E-state index contributed by atoms with van der Waals surface area (Å²) in [5, 5.41) is 4.74. The molecule has 0 saturated carbocycles. The molecule has 0 spiro atoms. The number of hydrogen-bond donors (Lipinski definition) is 3. The summed E-state index contributed by atoms with van der Waals surface area (Å²) in [4.78, 5) is 37.2. The number of hydrazine groups is 1. The summed E-state index contributed by atoms with van der Waals surface area (Å²) in [5.74, 6) is -0.681. The van der Waals surface area contributed by atoms with Gasteiger partial charge in [0.25, 0.3) is 17.7 Å². The van der Waals surface area contributed by atoms with Crippen molar-refractivity contribution in [1.29, 1.82) is 0 Å². The molecule has 1 heterocycles. The fourth-order valence-electron chi connectivity index (χ4n) is 2.06. The summed E-state index contributed by atoms with van der Waals surface area (Å²) in [7, 11) is 0. The maximum absolute atomic E-state index is 12.4. The molecule has 26 heavy (non-hydrogen) atoms. The van der Waals surface area contributed by atoms with Crippen LogP contribution in [0.15, 0.2) is 41.8 Å². The van der Waals surface area contributed by atoms with E-state index in [2.05, 4.69) is 16.2 Å². The third kappa shape index (κ3) is 5.76. The maximum Gasteiger partial charge on any atom is 0.279 e. The molecule has 0 saturated heterocycles. The lowest BCUT2D eigenvalue weighted by Crippen LogP contribution is -2.52. The number of amides is 3. The zero-order valence-electron chi connectivity index (χ0n) is 14.0. The van der Waals surface area contributed by atoms with Crippen molar-refractivity contribution in [2.45, 2.75) is 12.5 Å². The molecule has 0 radical (unpaired) electrons. The van der Waals surface area contributed by atoms with Gasteiger partial charge in [-0.15, -0.1) is 11.3 Å². The molecule has 138 valence electrons. The Morgan fingerprint density at radius 2 is 1.88 bits per heavy atom. The van der Waals surface area contributed by atoms with Crippen molar-refractivity contribution < 1.29 is 14.4 Å². The van der Waals surface area contributed by atoms with Gasteiger partial charge < -0.3 is 5.32 Å². The molecule has 3 N–H and O–H groups in total. The van der Waals surface area contributed by atoms with Crippen LogP contribution in [0.4, 0.5) is 0 Å². The highest BCUT2D eigenvalue weighted by Gasteiger charge is 2.22. The number of carbonyl (C=O) groups is 3. The minimum absolute atomic E-state index is 0.290. The number of hydrogen-bond acceptors (Lipinski definition) is 5. The molecule has 2 aromatic rings. The highest BCUT2D eigenvalue weighted by atomic mass is 35.5. The first kappa shape index (κ1) is 20.3. The molecule has 6 nitrogen and oxygen atoms in total. The van der Waals surface area contributed by atoms with Crippen LogP contribution in [0.5, 0.6) is 0 Å². The van der Waals surface area contributed by atoms with Crippen LogP contribution in [-0.2, 0) is 4.79 Å². The highest BCUT2D eigenvalue weighted by Crippen LogP contribution is 2.15. The van der Waals surface area contributed by atoms with Crippen LogP contribution in [0.3, 0.4) is 0 Å². The Bertz CT molecular complexity index is 768. The van der Waals surface area contributed by atoms with E-state index in [4.69, 9.17) is 11.6 Å². The number of rotatable bonds is 7. The topological polar surface area (TPSA) is 87.3 Å². The van der Waals surface area contributed by atoms with Gasteiger partial charge >= 0.3 is 0 Å². The molecule has 9 heteroatoms. The summed E-state index contributed by atoms with van der Waals surface area (Å²) in [6.45, 7) is 0. The van der Waals surface area contributed by atoms with Crippen molar-refractivity contribution in [3.63, 3.8) is 0 Å². The molecule has 0 aliphatic rings. The molecule has 1 aromatic carbocycles. The van der Waals surface area contributed by atoms with Crippen molar-refractivity contribution >= 4 is 52.4 Å². The normalized spacial score (nSPS) is 11.5. The Balaban J connectivity index is 1.99. The molecule has 0 bridgehead atoms. The molecule has 0 aliphatic heterocycles. The molecule has 1 aromatic heterocycles. The monoisotopic (exact) mass is 411 g/mol. The fraction of sp³-hybridized carbons (Fsp3) is 0.235. The zero-order chi connectivity index (χ0) is 18.9. The van der Waals surface area contributed by atoms with E-state index in [-0.39, 0.29) is 0 Å². The third-order valence-corrected chi connectivity index (χ3v) is 5.24. The Morgan fingerprint density at radius 1 is 1.12 bits per heavy atom. The predicted octanol–water partition coefficient (Wildman–Crippen LogP) is 2.71. The number of nitrogens with one attached hydrogen (secondary N) is 3. The Morgan fingerprint density at radius 3 is 2.54 bits per heavy atom. The van der Waals surface area contributed by atoms with Gasteiger partial charge in [0.2, 0.25) is 0 Å². The van der Waals surface area contributed by atoms with E-state index >= 15 is 0 Å². The second-order valence-corrected chi connectivity index (χ2v) is 7.55. The van der Waals surface area contributed by atoms with Crippen LogP contribution in [0.2, 0.25) is 5.02 Å². The third-order valence-electron chi connectivity index (χ3n) is 3.40. The molecule has 1 atom stereocenters. The summed E-state index contributed by atoms with van der Waals surface area (Å²) in [6, 6.07) is 9.20. The van der Waals surface area contributed by atoms with Gasteiger partial charge in [0.05, 0.1) is 15.5 Å². The molecule has 0 aliphatic carbocycles. The summed E-state index contributed by atoms with van der Waals surface area (Å²) < 4.78 is 0. The fourth-order valence-corrected chi connectivity index (χ4v) is 3.37. The van der Waals surface area contributed by atoms with E-state index in [1.54, 1.807) is 53.5 Å². The highest BCUT2D eigenvalue weighted by molar-refractivity contribution is 7.98. The van der Waals surface area contributed by atoms with E-state index < -0.39 is 23.8 Å². The van der Waals surface area contributed by atoms with Gasteiger partial charge in [-0.2, -0.15) is 11.8 Å². The van der Waals surface area contributed by atoms with E-state index in [1.807, 2.05) is 6.26 Å². The minimum atomic E-state index is -0.796. The lowest BCUT2D eigenvalue weighted by molar-refractivity contribution is -0.123. The van der Waals surface area contributed by atoms with Crippen molar-refractivity contribution in [3.05, 3.63) is 57.2 Å². The minimum Gasteiger partial charge on any atom is -0.340 e. The van der Waals surface area contributed by atoms with Gasteiger partial charge in [0.1, 0.15) is 6.04 Å². The lowest BCUT2D eigenvalue weighted by atomic mass is 10.1. The quantitative estimate of drug-likeness (QED) is 0.611. The zero-order valence-corrected chi connectivity index (χ0v) is 16.3. The average molecular weight is 412 g/mol. The number of benzene rings is 1. The van der Waals surface area contributed by atoms with Gasteiger partial charge in [-0.3, -0.25) is 25.2 Å². The SMILES string of the molecule is CSCC[C@H](NC(=O)c1ccccc1Cl)C(=O)NNC(=O)c1cccs1. The average Bonchev–Trinajstić information content (AvgIpc) is 3.17. The van der Waals surface area contributed by atoms with E-state index in [1.165, 1.54) is 11.3 Å². The van der Waals surface area contributed by atoms with Gasteiger partial charge in [0, 0.05) is 0 Å². The largest absolute Gasteiger partial charge is 0.340 e. The molecular weight excluding hydrogens is 394 g/mol. The van der Waals surface area contributed by atoms with Crippen LogP contribution in [0, 0.1) is 0 Å². The van der Waals surface area contributed by atoms with E-state index in [0.29, 0.717) is 27.6 Å². The van der Waals surface area contributed by atoms with Crippen molar-refractivity contribution in [3.8, 4) is 0 Å². The summed E-state index contributed by atoms with van der Waals surface area (Å²) >= 11 is 8.84. The Kier molecular flexibility index (Phi) is 7.96. The molecular formula is C17H18ClN3O3S2. The van der Waals surface area contributed by atoms with Crippen LogP contribution >= 0.6 is 34.7 Å². The maximum atomic E-state index is 12.4. The second-order valence-electron chi connectivity index (χ2n) is 5.21. The Labute approximate surface area is 164 Å².